The molecule has 1 aliphatic rings. The van der Waals surface area contributed by atoms with Crippen molar-refractivity contribution in [3.63, 3.8) is 0 Å². The molecule has 0 spiro atoms. The summed E-state index contributed by atoms with van der Waals surface area (Å²) in [6.45, 7) is 1.91. The molecule has 0 bridgehead atoms. The Morgan fingerprint density at radius 2 is 2.12 bits per heavy atom. The summed E-state index contributed by atoms with van der Waals surface area (Å²) in [6, 6.07) is 7.28. The molecule has 0 amide bonds. The summed E-state index contributed by atoms with van der Waals surface area (Å²) in [5.74, 6) is 0.631. The van der Waals surface area contributed by atoms with Gasteiger partial charge in [0.25, 0.3) is 0 Å². The second-order valence-electron chi connectivity index (χ2n) is 5.64. The van der Waals surface area contributed by atoms with E-state index in [2.05, 4.69) is 15.1 Å². The number of nitrogens with zero attached hydrogens (tertiary/aromatic N) is 3. The van der Waals surface area contributed by atoms with Gasteiger partial charge in [0.15, 0.2) is 11.4 Å². The van der Waals surface area contributed by atoms with Gasteiger partial charge >= 0.3 is 5.63 Å². The van der Waals surface area contributed by atoms with Crippen LogP contribution in [-0.4, -0.2) is 19.6 Å². The van der Waals surface area contributed by atoms with Gasteiger partial charge in [0.05, 0.1) is 16.5 Å². The molecule has 4 heterocycles. The number of aromatic amines is 1. The van der Waals surface area contributed by atoms with Crippen molar-refractivity contribution in [1.29, 1.82) is 0 Å². The van der Waals surface area contributed by atoms with Crippen LogP contribution in [0.2, 0.25) is 0 Å². The Bertz CT molecular complexity index is 1250. The molecule has 0 saturated carbocycles. The third kappa shape index (κ3) is 1.65. The van der Waals surface area contributed by atoms with Crippen LogP contribution < -0.4 is 10.4 Å². The smallest absolute Gasteiger partial charge is 0.343 e. The molecule has 7 nitrogen and oxygen atoms in total. The SMILES string of the molecule is CC1c2c(c3ccccc3oc2=O)Oc2ncn3[nH]c(=S)nc3c21. The van der Waals surface area contributed by atoms with Crippen LogP contribution in [0.15, 0.2) is 39.8 Å². The fourth-order valence-corrected chi connectivity index (χ4v) is 3.39. The molecular formula is C16H10N4O3S. The monoisotopic (exact) mass is 338 g/mol. The van der Waals surface area contributed by atoms with E-state index in [0.29, 0.717) is 38.8 Å². The van der Waals surface area contributed by atoms with Gasteiger partial charge in [-0.1, -0.05) is 19.1 Å². The fraction of sp³-hybridized carbons (Fsp3) is 0.125. The van der Waals surface area contributed by atoms with Crippen molar-refractivity contribution in [1.82, 2.24) is 19.6 Å². The van der Waals surface area contributed by atoms with E-state index >= 15 is 0 Å². The van der Waals surface area contributed by atoms with Crippen LogP contribution in [0, 0.1) is 4.77 Å². The Kier molecular flexibility index (Phi) is 2.53. The Balaban J connectivity index is 1.89. The molecule has 24 heavy (non-hydrogen) atoms. The zero-order chi connectivity index (χ0) is 16.4. The van der Waals surface area contributed by atoms with Crippen molar-refractivity contribution < 1.29 is 9.15 Å². The van der Waals surface area contributed by atoms with Crippen molar-refractivity contribution >= 4 is 28.8 Å². The zero-order valence-electron chi connectivity index (χ0n) is 12.4. The van der Waals surface area contributed by atoms with Crippen molar-refractivity contribution in [2.45, 2.75) is 12.8 Å². The summed E-state index contributed by atoms with van der Waals surface area (Å²) in [6.07, 6.45) is 1.56. The van der Waals surface area contributed by atoms with Gasteiger partial charge in [-0.05, 0) is 24.4 Å². The van der Waals surface area contributed by atoms with Gasteiger partial charge < -0.3 is 9.15 Å². The molecule has 0 fully saturated rings. The molecule has 5 rings (SSSR count). The Hall–Kier alpha value is -3.00. The van der Waals surface area contributed by atoms with Crippen molar-refractivity contribution in [3.05, 3.63) is 56.9 Å². The number of para-hydroxylation sites is 1. The second kappa shape index (κ2) is 4.51. The molecule has 0 saturated heterocycles. The number of hydrogen-bond acceptors (Lipinski definition) is 6. The normalized spacial score (nSPS) is 16.0. The van der Waals surface area contributed by atoms with Crippen LogP contribution in [0.5, 0.6) is 11.6 Å². The molecule has 1 N–H and O–H groups in total. The first-order valence-corrected chi connectivity index (χ1v) is 7.75. The Labute approximate surface area is 139 Å². The van der Waals surface area contributed by atoms with Crippen LogP contribution in [0.3, 0.4) is 0 Å². The number of benzene rings is 1. The van der Waals surface area contributed by atoms with Gasteiger partial charge in [-0.3, -0.25) is 5.10 Å². The lowest BCUT2D eigenvalue weighted by Crippen LogP contribution is -2.19. The van der Waals surface area contributed by atoms with Crippen LogP contribution in [0.4, 0.5) is 0 Å². The standard InChI is InChI=1S/C16H10N4O3S/c1-7-10-12(8-4-2-3-5-9(8)22-15(10)21)23-14-11(7)13-18-16(24)19-20(13)6-17-14/h2-7H,1H3,(H,19,24). The van der Waals surface area contributed by atoms with E-state index in [1.807, 2.05) is 25.1 Å². The summed E-state index contributed by atoms with van der Waals surface area (Å²) < 4.78 is 13.4. The largest absolute Gasteiger partial charge is 0.437 e. The molecule has 1 aromatic carbocycles. The van der Waals surface area contributed by atoms with Gasteiger partial charge in [-0.2, -0.15) is 4.98 Å². The number of fused-ring (bicyclic) bond motifs is 6. The third-order valence-electron chi connectivity index (χ3n) is 4.28. The van der Waals surface area contributed by atoms with E-state index in [4.69, 9.17) is 21.4 Å². The predicted molar refractivity (Wildman–Crippen MR) is 88.2 cm³/mol. The molecule has 4 aromatic rings. The van der Waals surface area contributed by atoms with E-state index in [-0.39, 0.29) is 5.92 Å². The number of rotatable bonds is 0. The zero-order valence-corrected chi connectivity index (χ0v) is 13.3. The Morgan fingerprint density at radius 1 is 1.29 bits per heavy atom. The van der Waals surface area contributed by atoms with Crippen LogP contribution in [-0.2, 0) is 0 Å². The van der Waals surface area contributed by atoms with E-state index in [0.717, 1.165) is 5.39 Å². The first-order valence-electron chi connectivity index (χ1n) is 7.34. The van der Waals surface area contributed by atoms with Gasteiger partial charge in [-0.25, -0.2) is 14.3 Å². The molecule has 1 aliphatic heterocycles. The minimum Gasteiger partial charge on any atom is -0.437 e. The maximum atomic E-state index is 12.5. The minimum atomic E-state index is -0.419. The quantitative estimate of drug-likeness (QED) is 0.391. The highest BCUT2D eigenvalue weighted by atomic mass is 32.1. The summed E-state index contributed by atoms with van der Waals surface area (Å²) in [4.78, 5) is 21.2. The molecule has 3 aromatic heterocycles. The van der Waals surface area contributed by atoms with Crippen molar-refractivity contribution in [2.75, 3.05) is 0 Å². The topological polar surface area (TPSA) is 85.4 Å². The number of hydrogen-bond donors (Lipinski definition) is 1. The molecule has 0 radical (unpaired) electrons. The van der Waals surface area contributed by atoms with Crippen LogP contribution in [0.25, 0.3) is 16.6 Å². The van der Waals surface area contributed by atoms with Crippen LogP contribution >= 0.6 is 12.2 Å². The summed E-state index contributed by atoms with van der Waals surface area (Å²) in [5, 5.41) is 3.64. The van der Waals surface area contributed by atoms with Crippen molar-refractivity contribution in [2.24, 2.45) is 0 Å². The molecule has 1 atom stereocenters. The highest BCUT2D eigenvalue weighted by Gasteiger charge is 2.33. The van der Waals surface area contributed by atoms with Crippen molar-refractivity contribution in [3.8, 4) is 11.6 Å². The van der Waals surface area contributed by atoms with Gasteiger partial charge in [0.2, 0.25) is 10.7 Å². The molecule has 0 aliphatic carbocycles. The third-order valence-corrected chi connectivity index (χ3v) is 4.46. The summed E-state index contributed by atoms with van der Waals surface area (Å²) >= 11 is 5.09. The maximum Gasteiger partial charge on any atom is 0.343 e. The summed E-state index contributed by atoms with van der Waals surface area (Å²) in [7, 11) is 0. The highest BCUT2D eigenvalue weighted by Crippen LogP contribution is 2.45. The van der Waals surface area contributed by atoms with E-state index < -0.39 is 5.63 Å². The first-order chi connectivity index (χ1) is 11.6. The predicted octanol–water partition coefficient (Wildman–Crippen LogP) is 3.15. The lowest BCUT2D eigenvalue weighted by Gasteiger charge is -2.24. The lowest BCUT2D eigenvalue weighted by atomic mass is 9.92. The van der Waals surface area contributed by atoms with Crippen LogP contribution in [0.1, 0.15) is 24.0 Å². The van der Waals surface area contributed by atoms with Gasteiger partial charge in [0, 0.05) is 5.92 Å². The lowest BCUT2D eigenvalue weighted by molar-refractivity contribution is 0.419. The van der Waals surface area contributed by atoms with Gasteiger partial charge in [-0.15, -0.1) is 0 Å². The number of H-pyrrole nitrogens is 1. The second-order valence-corrected chi connectivity index (χ2v) is 6.02. The van der Waals surface area contributed by atoms with E-state index in [1.165, 1.54) is 0 Å². The molecule has 118 valence electrons. The van der Waals surface area contributed by atoms with E-state index in [1.54, 1.807) is 16.9 Å². The number of nitrogens with one attached hydrogen (secondary N) is 1. The molecule has 1 unspecified atom stereocenters. The number of aromatic nitrogens is 4. The highest BCUT2D eigenvalue weighted by molar-refractivity contribution is 7.71. The average Bonchev–Trinajstić information content (AvgIpc) is 2.94. The first kappa shape index (κ1) is 13.4. The average molecular weight is 338 g/mol. The van der Waals surface area contributed by atoms with Gasteiger partial charge in [0.1, 0.15) is 11.9 Å². The molecular weight excluding hydrogens is 328 g/mol. The number of ether oxygens (including phenoxy) is 1. The molecule has 8 heteroatoms. The Morgan fingerprint density at radius 3 is 3.00 bits per heavy atom. The summed E-state index contributed by atoms with van der Waals surface area (Å²) in [5.41, 5.74) is 1.83. The minimum absolute atomic E-state index is 0.286. The fourth-order valence-electron chi connectivity index (χ4n) is 3.20. The van der Waals surface area contributed by atoms with E-state index in [9.17, 15) is 4.79 Å². The maximum absolute atomic E-state index is 12.5.